The highest BCUT2D eigenvalue weighted by molar-refractivity contribution is 7.44. The van der Waals surface area contributed by atoms with Crippen LogP contribution in [0.2, 0.25) is 0 Å². The van der Waals surface area contributed by atoms with Gasteiger partial charge in [0.1, 0.15) is 0 Å². The summed E-state index contributed by atoms with van der Waals surface area (Å²) in [4.78, 5) is 0. The lowest BCUT2D eigenvalue weighted by molar-refractivity contribution is 0.0817. The Morgan fingerprint density at radius 3 is 2.46 bits per heavy atom. The summed E-state index contributed by atoms with van der Waals surface area (Å²) in [5.74, 6) is 0.603. The van der Waals surface area contributed by atoms with Crippen molar-refractivity contribution in [2.45, 2.75) is 20.8 Å². The summed E-state index contributed by atoms with van der Waals surface area (Å²) < 4.78 is 13.1. The Labute approximate surface area is 82.4 Å². The standard InChI is InChI=1S/C9H20NO2P/c1-9(2,3)8-6-10(4)13(11-5)12-7-8/h8H,6-7H2,1-5H3. The first-order chi connectivity index (χ1) is 5.95. The van der Waals surface area contributed by atoms with Gasteiger partial charge in [-0.3, -0.25) is 0 Å². The molecule has 2 unspecified atom stereocenters. The lowest BCUT2D eigenvalue weighted by Crippen LogP contribution is -2.38. The maximum atomic E-state index is 5.65. The molecule has 1 saturated heterocycles. The van der Waals surface area contributed by atoms with Gasteiger partial charge in [0.2, 0.25) is 0 Å². The van der Waals surface area contributed by atoms with E-state index in [1.54, 1.807) is 7.11 Å². The molecule has 0 saturated carbocycles. The van der Waals surface area contributed by atoms with E-state index >= 15 is 0 Å². The minimum atomic E-state index is -0.771. The van der Waals surface area contributed by atoms with Crippen molar-refractivity contribution in [1.29, 1.82) is 0 Å². The molecule has 1 fully saturated rings. The highest BCUT2D eigenvalue weighted by Crippen LogP contribution is 2.47. The summed E-state index contributed by atoms with van der Waals surface area (Å²) in [6, 6.07) is 0. The van der Waals surface area contributed by atoms with Crippen molar-refractivity contribution in [2.24, 2.45) is 11.3 Å². The quantitative estimate of drug-likeness (QED) is 0.614. The Kier molecular flexibility index (Phi) is 3.70. The van der Waals surface area contributed by atoms with Crippen LogP contribution >= 0.6 is 8.53 Å². The predicted octanol–water partition coefficient (Wildman–Crippen LogP) is 2.48. The van der Waals surface area contributed by atoms with E-state index in [9.17, 15) is 0 Å². The first kappa shape index (κ1) is 11.4. The van der Waals surface area contributed by atoms with Crippen molar-refractivity contribution in [3.05, 3.63) is 0 Å². The second-order valence-corrected chi connectivity index (χ2v) is 6.40. The molecule has 0 bridgehead atoms. The molecule has 1 rings (SSSR count). The number of rotatable bonds is 1. The summed E-state index contributed by atoms with van der Waals surface area (Å²) in [6.07, 6.45) is 0. The van der Waals surface area contributed by atoms with Crippen LogP contribution in [0.15, 0.2) is 0 Å². The van der Waals surface area contributed by atoms with Gasteiger partial charge >= 0.3 is 0 Å². The zero-order valence-electron chi connectivity index (χ0n) is 9.20. The minimum Gasteiger partial charge on any atom is -0.325 e. The summed E-state index contributed by atoms with van der Waals surface area (Å²) in [5, 5.41) is 0. The van der Waals surface area contributed by atoms with Crippen molar-refractivity contribution in [2.75, 3.05) is 27.3 Å². The fourth-order valence-electron chi connectivity index (χ4n) is 1.41. The van der Waals surface area contributed by atoms with Crippen LogP contribution in [0.5, 0.6) is 0 Å². The normalized spacial score (nSPS) is 32.1. The molecule has 0 aromatic carbocycles. The molecule has 0 radical (unpaired) electrons. The van der Waals surface area contributed by atoms with Crippen molar-refractivity contribution in [1.82, 2.24) is 4.67 Å². The highest BCUT2D eigenvalue weighted by Gasteiger charge is 2.34. The molecule has 3 nitrogen and oxygen atoms in total. The molecule has 0 amide bonds. The maximum absolute atomic E-state index is 5.65. The molecule has 1 aliphatic rings. The summed E-state index contributed by atoms with van der Waals surface area (Å²) in [6.45, 7) is 8.68. The summed E-state index contributed by atoms with van der Waals surface area (Å²) >= 11 is 0. The highest BCUT2D eigenvalue weighted by atomic mass is 31.2. The summed E-state index contributed by atoms with van der Waals surface area (Å²) in [5.41, 5.74) is 0.323. The van der Waals surface area contributed by atoms with Crippen LogP contribution in [0.1, 0.15) is 20.8 Å². The smallest absolute Gasteiger partial charge is 0.258 e. The molecule has 4 heteroatoms. The third kappa shape index (κ3) is 2.88. The van der Waals surface area contributed by atoms with Gasteiger partial charge in [0.25, 0.3) is 8.53 Å². The van der Waals surface area contributed by atoms with E-state index in [0.717, 1.165) is 13.2 Å². The average molecular weight is 205 g/mol. The fraction of sp³-hybridized carbons (Fsp3) is 1.00. The SMILES string of the molecule is COP1OCC(C(C)(C)C)CN1C. The van der Waals surface area contributed by atoms with Gasteiger partial charge in [0, 0.05) is 19.6 Å². The van der Waals surface area contributed by atoms with Crippen LogP contribution in [0.3, 0.4) is 0 Å². The van der Waals surface area contributed by atoms with E-state index in [0.29, 0.717) is 11.3 Å². The molecule has 2 atom stereocenters. The first-order valence-electron chi connectivity index (χ1n) is 4.63. The predicted molar refractivity (Wildman–Crippen MR) is 55.5 cm³/mol. The van der Waals surface area contributed by atoms with E-state index in [2.05, 4.69) is 32.5 Å². The van der Waals surface area contributed by atoms with Gasteiger partial charge in [-0.2, -0.15) is 0 Å². The van der Waals surface area contributed by atoms with Gasteiger partial charge in [0.15, 0.2) is 0 Å². The van der Waals surface area contributed by atoms with Gasteiger partial charge in [-0.15, -0.1) is 0 Å². The minimum absolute atomic E-state index is 0.323. The van der Waals surface area contributed by atoms with Crippen LogP contribution in [0.25, 0.3) is 0 Å². The molecular formula is C9H20NO2P. The van der Waals surface area contributed by atoms with E-state index < -0.39 is 8.53 Å². The molecule has 0 aromatic heterocycles. The van der Waals surface area contributed by atoms with E-state index in [1.165, 1.54) is 0 Å². The van der Waals surface area contributed by atoms with Crippen molar-refractivity contribution < 1.29 is 9.05 Å². The van der Waals surface area contributed by atoms with Crippen molar-refractivity contribution in [3.63, 3.8) is 0 Å². The van der Waals surface area contributed by atoms with E-state index in [4.69, 9.17) is 9.05 Å². The zero-order chi connectivity index (χ0) is 10.1. The van der Waals surface area contributed by atoms with Crippen molar-refractivity contribution >= 4 is 8.53 Å². The Morgan fingerprint density at radius 1 is 1.46 bits per heavy atom. The Bertz CT molecular complexity index is 169. The Morgan fingerprint density at radius 2 is 2.08 bits per heavy atom. The molecular weight excluding hydrogens is 185 g/mol. The molecule has 1 heterocycles. The second kappa shape index (κ2) is 4.22. The average Bonchev–Trinajstić information content (AvgIpc) is 2.02. The van der Waals surface area contributed by atoms with Crippen LogP contribution in [-0.4, -0.2) is 32.0 Å². The van der Waals surface area contributed by atoms with Crippen LogP contribution in [-0.2, 0) is 9.05 Å². The van der Waals surface area contributed by atoms with Crippen molar-refractivity contribution in [3.8, 4) is 0 Å². The van der Waals surface area contributed by atoms with E-state index in [1.807, 2.05) is 0 Å². The largest absolute Gasteiger partial charge is 0.325 e. The Hall–Kier alpha value is 0.310. The third-order valence-corrected chi connectivity index (χ3v) is 3.93. The zero-order valence-corrected chi connectivity index (χ0v) is 10.1. The lowest BCUT2D eigenvalue weighted by Gasteiger charge is -2.40. The van der Waals surface area contributed by atoms with E-state index in [-0.39, 0.29) is 0 Å². The molecule has 78 valence electrons. The third-order valence-electron chi connectivity index (χ3n) is 2.53. The van der Waals surface area contributed by atoms with Crippen LogP contribution in [0.4, 0.5) is 0 Å². The molecule has 0 aliphatic carbocycles. The second-order valence-electron chi connectivity index (χ2n) is 4.62. The topological polar surface area (TPSA) is 21.7 Å². The monoisotopic (exact) mass is 205 g/mol. The molecule has 0 spiro atoms. The summed E-state index contributed by atoms with van der Waals surface area (Å²) in [7, 11) is 3.00. The van der Waals surface area contributed by atoms with Gasteiger partial charge < -0.3 is 9.05 Å². The fourth-order valence-corrected chi connectivity index (χ4v) is 2.63. The van der Waals surface area contributed by atoms with Gasteiger partial charge in [-0.25, -0.2) is 4.67 Å². The van der Waals surface area contributed by atoms with Gasteiger partial charge in [-0.05, 0) is 12.5 Å². The first-order valence-corrected chi connectivity index (χ1v) is 5.76. The molecule has 0 N–H and O–H groups in total. The molecule has 1 aliphatic heterocycles. The van der Waals surface area contributed by atoms with Gasteiger partial charge in [-0.1, -0.05) is 20.8 Å². The van der Waals surface area contributed by atoms with Crippen LogP contribution in [0, 0.1) is 11.3 Å². The Balaban J connectivity index is 2.51. The number of hydrogen-bond donors (Lipinski definition) is 0. The molecule has 0 aromatic rings. The maximum Gasteiger partial charge on any atom is 0.258 e. The van der Waals surface area contributed by atoms with Crippen LogP contribution < -0.4 is 0 Å². The number of nitrogens with zero attached hydrogens (tertiary/aromatic N) is 1. The van der Waals surface area contributed by atoms with Gasteiger partial charge in [0.05, 0.1) is 6.61 Å². The molecule has 13 heavy (non-hydrogen) atoms. The number of hydrogen-bond acceptors (Lipinski definition) is 3. The lowest BCUT2D eigenvalue weighted by atomic mass is 9.81.